The first-order valence-corrected chi connectivity index (χ1v) is 12.1. The van der Waals surface area contributed by atoms with E-state index in [0.29, 0.717) is 38.0 Å². The van der Waals surface area contributed by atoms with Crippen molar-refractivity contribution < 1.29 is 14.0 Å². The van der Waals surface area contributed by atoms with Gasteiger partial charge in [0, 0.05) is 19.6 Å². The van der Waals surface area contributed by atoms with Crippen molar-refractivity contribution in [3.8, 4) is 0 Å². The highest BCUT2D eigenvalue weighted by atomic mass is 19.1. The van der Waals surface area contributed by atoms with E-state index in [4.69, 9.17) is 0 Å². The van der Waals surface area contributed by atoms with Gasteiger partial charge in [0.25, 0.3) is 0 Å². The molecule has 182 valence electrons. The molecular weight excluding hydrogens is 441 g/mol. The van der Waals surface area contributed by atoms with Gasteiger partial charge in [0.15, 0.2) is 0 Å². The van der Waals surface area contributed by atoms with E-state index in [2.05, 4.69) is 16.7 Å². The van der Waals surface area contributed by atoms with Crippen LogP contribution in [0.2, 0.25) is 0 Å². The first-order valence-electron chi connectivity index (χ1n) is 12.1. The number of nitrogens with one attached hydrogen (secondary N) is 2. The largest absolute Gasteiger partial charge is 0.352 e. The van der Waals surface area contributed by atoms with Crippen molar-refractivity contribution in [2.45, 2.75) is 45.8 Å². The molecule has 3 aromatic carbocycles. The van der Waals surface area contributed by atoms with E-state index in [1.165, 1.54) is 6.07 Å². The Morgan fingerprint density at radius 3 is 2.37 bits per heavy atom. The number of likely N-dealkylation sites (tertiary alicyclic amines) is 1. The molecule has 1 heterocycles. The molecule has 4 rings (SSSR count). The number of piperidine rings is 1. The normalized spacial score (nSPS) is 17.6. The molecule has 2 atom stereocenters. The molecule has 0 bridgehead atoms. The van der Waals surface area contributed by atoms with Crippen LogP contribution in [0, 0.1) is 25.6 Å². The van der Waals surface area contributed by atoms with Crippen LogP contribution in [0.1, 0.15) is 46.7 Å². The first-order chi connectivity index (χ1) is 16.9. The van der Waals surface area contributed by atoms with E-state index >= 15 is 0 Å². The van der Waals surface area contributed by atoms with Gasteiger partial charge in [-0.1, -0.05) is 72.3 Å². The fourth-order valence-electron chi connectivity index (χ4n) is 4.66. The third-order valence-electron chi connectivity index (χ3n) is 6.62. The van der Waals surface area contributed by atoms with Gasteiger partial charge in [0.1, 0.15) is 5.82 Å². The molecular formula is C29H32FN3O2. The summed E-state index contributed by atoms with van der Waals surface area (Å²) in [4.78, 5) is 28.1. The number of halogens is 1. The lowest BCUT2D eigenvalue weighted by Gasteiger charge is -2.39. The number of benzene rings is 3. The van der Waals surface area contributed by atoms with Crippen molar-refractivity contribution in [3.63, 3.8) is 0 Å². The van der Waals surface area contributed by atoms with Crippen LogP contribution < -0.4 is 10.6 Å². The number of amides is 3. The van der Waals surface area contributed by atoms with Crippen LogP contribution >= 0.6 is 0 Å². The maximum absolute atomic E-state index is 13.9. The number of hydrogen-bond donors (Lipinski definition) is 2. The lowest BCUT2D eigenvalue weighted by atomic mass is 9.88. The summed E-state index contributed by atoms with van der Waals surface area (Å²) in [5, 5.41) is 6.04. The molecule has 0 spiro atoms. The molecule has 2 unspecified atom stereocenters. The van der Waals surface area contributed by atoms with E-state index < -0.39 is 0 Å². The van der Waals surface area contributed by atoms with Crippen LogP contribution in [-0.2, 0) is 17.9 Å². The second-order valence-electron chi connectivity index (χ2n) is 9.30. The maximum Gasteiger partial charge on any atom is 0.318 e. The van der Waals surface area contributed by atoms with Gasteiger partial charge in [-0.25, -0.2) is 9.18 Å². The summed E-state index contributed by atoms with van der Waals surface area (Å²) in [5.74, 6) is -0.626. The predicted molar refractivity (Wildman–Crippen MR) is 135 cm³/mol. The Labute approximate surface area is 206 Å². The second kappa shape index (κ2) is 11.2. The molecule has 1 aliphatic rings. The van der Waals surface area contributed by atoms with Crippen molar-refractivity contribution in [2.24, 2.45) is 5.92 Å². The average molecular weight is 474 g/mol. The van der Waals surface area contributed by atoms with Gasteiger partial charge in [0.05, 0.1) is 12.0 Å². The molecule has 0 radical (unpaired) electrons. The van der Waals surface area contributed by atoms with E-state index in [0.717, 1.165) is 22.3 Å². The number of carbonyl (C=O) groups excluding carboxylic acids is 2. The minimum absolute atomic E-state index is 0.0545. The summed E-state index contributed by atoms with van der Waals surface area (Å²) in [7, 11) is 0. The first kappa shape index (κ1) is 24.5. The highest BCUT2D eigenvalue weighted by Gasteiger charge is 2.35. The van der Waals surface area contributed by atoms with Gasteiger partial charge in [-0.05, 0) is 55.0 Å². The highest BCUT2D eigenvalue weighted by molar-refractivity contribution is 5.81. The van der Waals surface area contributed by atoms with Gasteiger partial charge in [-0.15, -0.1) is 0 Å². The summed E-state index contributed by atoms with van der Waals surface area (Å²) in [6.45, 7) is 4.91. The summed E-state index contributed by atoms with van der Waals surface area (Å²) in [6.07, 6.45) is 1.29. The van der Waals surface area contributed by atoms with Crippen molar-refractivity contribution in [1.29, 1.82) is 0 Å². The fourth-order valence-corrected chi connectivity index (χ4v) is 4.66. The third kappa shape index (κ3) is 6.27. The van der Waals surface area contributed by atoms with E-state index in [9.17, 15) is 14.0 Å². The molecule has 3 aromatic rings. The molecule has 35 heavy (non-hydrogen) atoms. The van der Waals surface area contributed by atoms with Crippen molar-refractivity contribution in [2.75, 3.05) is 6.54 Å². The molecule has 5 nitrogen and oxygen atoms in total. The van der Waals surface area contributed by atoms with Crippen LogP contribution in [0.25, 0.3) is 0 Å². The second-order valence-corrected chi connectivity index (χ2v) is 9.30. The molecule has 0 aromatic heterocycles. The van der Waals surface area contributed by atoms with Crippen LogP contribution in [0.3, 0.4) is 0 Å². The van der Waals surface area contributed by atoms with Crippen LogP contribution in [0.15, 0.2) is 72.8 Å². The Balaban J connectivity index is 1.47. The molecule has 2 N–H and O–H groups in total. The molecule has 1 aliphatic heterocycles. The minimum atomic E-state index is -0.305. The Bertz CT molecular complexity index is 1180. The SMILES string of the molecule is Cc1cccc(CNC(=O)C2CCC(c3ccc(F)c(C)c3)N(C(=O)NCc3ccccc3)C2)c1. The Morgan fingerprint density at radius 1 is 0.886 bits per heavy atom. The zero-order valence-electron chi connectivity index (χ0n) is 20.3. The molecule has 1 fully saturated rings. The van der Waals surface area contributed by atoms with E-state index in [1.54, 1.807) is 24.0 Å². The molecule has 3 amide bonds. The van der Waals surface area contributed by atoms with Gasteiger partial charge < -0.3 is 15.5 Å². The van der Waals surface area contributed by atoms with Crippen LogP contribution in [0.4, 0.5) is 9.18 Å². The predicted octanol–water partition coefficient (Wildman–Crippen LogP) is 5.42. The third-order valence-corrected chi connectivity index (χ3v) is 6.62. The summed E-state index contributed by atoms with van der Waals surface area (Å²) in [6, 6.07) is 22.3. The summed E-state index contributed by atoms with van der Waals surface area (Å²) >= 11 is 0. The van der Waals surface area contributed by atoms with E-state index in [-0.39, 0.29) is 29.7 Å². The van der Waals surface area contributed by atoms with Gasteiger partial charge in [0.2, 0.25) is 5.91 Å². The fraction of sp³-hybridized carbons (Fsp3) is 0.310. The number of nitrogens with zero attached hydrogens (tertiary/aromatic N) is 1. The lowest BCUT2D eigenvalue weighted by molar-refractivity contribution is -0.126. The van der Waals surface area contributed by atoms with Gasteiger partial charge >= 0.3 is 6.03 Å². The van der Waals surface area contributed by atoms with Crippen molar-refractivity contribution in [1.82, 2.24) is 15.5 Å². The number of urea groups is 1. The van der Waals surface area contributed by atoms with Crippen molar-refractivity contribution in [3.05, 3.63) is 106 Å². The number of carbonyl (C=O) groups is 2. The molecule has 6 heteroatoms. The monoisotopic (exact) mass is 473 g/mol. The van der Waals surface area contributed by atoms with Gasteiger partial charge in [-0.2, -0.15) is 0 Å². The topological polar surface area (TPSA) is 61.4 Å². The number of rotatable bonds is 6. The molecule has 0 aliphatic carbocycles. The quantitative estimate of drug-likeness (QED) is 0.502. The smallest absolute Gasteiger partial charge is 0.318 e. The number of hydrogen-bond acceptors (Lipinski definition) is 2. The zero-order chi connectivity index (χ0) is 24.8. The standard InChI is InChI=1S/C29H32FN3O2/c1-20-7-6-10-23(15-20)18-31-28(34)25-12-14-27(24-11-13-26(30)21(2)16-24)33(19-25)29(35)32-17-22-8-4-3-5-9-22/h3-11,13,15-16,25,27H,12,14,17-19H2,1-2H3,(H,31,34)(H,32,35). The Hall–Kier alpha value is -3.67. The summed E-state index contributed by atoms with van der Waals surface area (Å²) < 4.78 is 13.9. The Kier molecular flexibility index (Phi) is 7.80. The number of aryl methyl sites for hydroxylation is 2. The summed E-state index contributed by atoms with van der Waals surface area (Å²) in [5.41, 5.74) is 4.63. The Morgan fingerprint density at radius 2 is 1.63 bits per heavy atom. The minimum Gasteiger partial charge on any atom is -0.352 e. The molecule has 1 saturated heterocycles. The van der Waals surface area contributed by atoms with Gasteiger partial charge in [-0.3, -0.25) is 4.79 Å². The highest BCUT2D eigenvalue weighted by Crippen LogP contribution is 2.34. The van der Waals surface area contributed by atoms with Crippen LogP contribution in [-0.4, -0.2) is 23.4 Å². The van der Waals surface area contributed by atoms with Crippen molar-refractivity contribution >= 4 is 11.9 Å². The zero-order valence-corrected chi connectivity index (χ0v) is 20.3. The van der Waals surface area contributed by atoms with E-state index in [1.807, 2.05) is 55.5 Å². The lowest BCUT2D eigenvalue weighted by Crippen LogP contribution is -2.50. The maximum atomic E-state index is 13.9. The van der Waals surface area contributed by atoms with Crippen LogP contribution in [0.5, 0.6) is 0 Å². The molecule has 0 saturated carbocycles. The average Bonchev–Trinajstić information content (AvgIpc) is 2.88.